The fourth-order valence-electron chi connectivity index (χ4n) is 0.992. The van der Waals surface area contributed by atoms with Crippen molar-refractivity contribution in [3.05, 3.63) is 35.9 Å². The van der Waals surface area contributed by atoms with Crippen LogP contribution in [-0.2, 0) is 9.59 Å². The van der Waals surface area contributed by atoms with Gasteiger partial charge in [-0.2, -0.15) is 6.41 Å². The van der Waals surface area contributed by atoms with E-state index in [9.17, 15) is 9.59 Å². The van der Waals surface area contributed by atoms with E-state index in [1.807, 2.05) is 0 Å². The molecular formula is C9H8FmNO3-. The van der Waals surface area contributed by atoms with E-state index in [-0.39, 0.29) is 0 Å². The van der Waals surface area contributed by atoms with Gasteiger partial charge in [-0.05, 0) is 5.56 Å². The zero-order chi connectivity index (χ0) is 9.68. The molecule has 0 heterocycles. The molecule has 0 bridgehead atoms. The van der Waals surface area contributed by atoms with Gasteiger partial charge in [0.1, 0.15) is 6.04 Å². The number of carbonyl (C=O) groups is 1. The Hall–Kier alpha value is -2.84. The van der Waals surface area contributed by atoms with Crippen molar-refractivity contribution in [1.82, 2.24) is 5.32 Å². The fourth-order valence-corrected chi connectivity index (χ4v) is 0.992. The van der Waals surface area contributed by atoms with Crippen LogP contribution < -0.4 is 5.32 Å². The predicted molar refractivity (Wildman–Crippen MR) is 45.6 cm³/mol. The van der Waals surface area contributed by atoms with E-state index >= 15 is 0 Å². The number of hydrogen-bond donors (Lipinski definition) is 2. The average molecular weight is 435 g/mol. The summed E-state index contributed by atoms with van der Waals surface area (Å²) < 4.78 is 0. The van der Waals surface area contributed by atoms with Crippen LogP contribution in [0.1, 0.15) is 11.6 Å². The molecule has 0 fully saturated rings. The first kappa shape index (κ1) is 11.2. The largest absolute Gasteiger partial charge is 0.520 e. The van der Waals surface area contributed by atoms with Gasteiger partial charge >= 0.3 is 5.97 Å². The van der Waals surface area contributed by atoms with E-state index in [2.05, 4.69) is 5.32 Å². The predicted octanol–water partition coefficient (Wildman–Crippen LogP) is 0.469. The summed E-state index contributed by atoms with van der Waals surface area (Å²) in [6.07, 6.45) is 1.37. The first-order valence-electron chi connectivity index (χ1n) is 3.66. The van der Waals surface area contributed by atoms with Crippen molar-refractivity contribution >= 4 is 12.4 Å². The third kappa shape index (κ3) is 2.34. The zero-order valence-electron chi connectivity index (χ0n) is 7.02. The molecule has 1 amide bonds. The van der Waals surface area contributed by atoms with Crippen LogP contribution >= 0.6 is 0 Å². The summed E-state index contributed by atoms with van der Waals surface area (Å²) in [6, 6.07) is 7.42. The first-order valence-corrected chi connectivity index (χ1v) is 3.66. The van der Waals surface area contributed by atoms with Crippen molar-refractivity contribution in [2.45, 2.75) is 6.04 Å². The summed E-state index contributed by atoms with van der Waals surface area (Å²) in [7, 11) is 0. The molecule has 0 aromatic heterocycles. The molecule has 0 spiro atoms. The van der Waals surface area contributed by atoms with Crippen molar-refractivity contribution in [2.75, 3.05) is 0 Å². The second-order valence-corrected chi connectivity index (χ2v) is 2.43. The summed E-state index contributed by atoms with van der Waals surface area (Å²) in [6.45, 7) is 0. The minimum Gasteiger partial charge on any atom is -0.520 e. The van der Waals surface area contributed by atoms with E-state index in [0.717, 1.165) is 0 Å². The Balaban J connectivity index is 0.00000169. The average Bonchev–Trinajstić information content (AvgIpc) is 2.15. The van der Waals surface area contributed by atoms with Crippen molar-refractivity contribution < 1.29 is 14.7 Å². The minimum atomic E-state index is -1.10. The van der Waals surface area contributed by atoms with Gasteiger partial charge in [0.15, 0.2) is 0 Å². The molecule has 2 N–H and O–H groups in total. The maximum Gasteiger partial charge on any atom is 0.328 e. The topological polar surface area (TPSA) is 66.4 Å². The van der Waals surface area contributed by atoms with Gasteiger partial charge in [0, 0.05) is 0 Å². The number of carbonyl (C=O) groups excluding carboxylic acids is 1. The molecule has 0 aliphatic carbocycles. The molecule has 0 saturated heterocycles. The Morgan fingerprint density at radius 3 is 2.36 bits per heavy atom. The Morgan fingerprint density at radius 2 is 1.93 bits per heavy atom. The second kappa shape index (κ2) is 4.92. The molecule has 0 aliphatic heterocycles. The SMILES string of the molecule is O=[C-]NC(C(=O)O)c1ccccc1.[Fm]. The fraction of sp³-hybridized carbons (Fsp3) is 0.111. The van der Waals surface area contributed by atoms with Crippen LogP contribution in [0, 0.1) is 0 Å². The number of nitrogens with one attached hydrogen (secondary N) is 1. The van der Waals surface area contributed by atoms with Gasteiger partial charge in [0.05, 0.1) is 0 Å². The maximum absolute atomic E-state index is 10.6. The van der Waals surface area contributed by atoms with E-state index in [4.69, 9.17) is 5.11 Å². The molecule has 80 valence electrons. The Bertz CT molecular complexity index is 302. The van der Waals surface area contributed by atoms with Crippen LogP contribution in [-0.4, -0.2) is 17.5 Å². The molecule has 14 heavy (non-hydrogen) atoms. The molecule has 0 aliphatic rings. The molecular weight excluding hydrogens is 427 g/mol. The normalized spacial score (nSPS) is 10.9. The van der Waals surface area contributed by atoms with Gasteiger partial charge in [-0.1, -0.05) is 30.3 Å². The smallest absolute Gasteiger partial charge is 0.328 e. The monoisotopic (exact) mass is 435 g/mol. The van der Waals surface area contributed by atoms with Crippen LogP contribution in [0.3, 0.4) is 0 Å². The number of aliphatic carboxylic acids is 1. The van der Waals surface area contributed by atoms with Gasteiger partial charge in [0.2, 0.25) is 0 Å². The second-order valence-electron chi connectivity index (χ2n) is 2.43. The number of rotatable bonds is 4. The number of hydrogen-bond acceptors (Lipinski definition) is 2. The van der Waals surface area contributed by atoms with Crippen molar-refractivity contribution in [3.8, 4) is 0 Å². The summed E-state index contributed by atoms with van der Waals surface area (Å²) in [4.78, 5) is 20.6. The van der Waals surface area contributed by atoms with E-state index in [1.165, 1.54) is 6.41 Å². The van der Waals surface area contributed by atoms with Crippen LogP contribution in [0.5, 0.6) is 0 Å². The third-order valence-corrected chi connectivity index (χ3v) is 1.58. The Morgan fingerprint density at radius 1 is 1.36 bits per heavy atom. The Labute approximate surface area is 75.2 Å². The summed E-state index contributed by atoms with van der Waals surface area (Å²) >= 11 is 0. The molecule has 0 saturated carbocycles. The van der Waals surface area contributed by atoms with Crippen LogP contribution in [0.25, 0.3) is 0 Å². The minimum absolute atomic E-state index is 0. The number of carboxylic acids is 1. The molecule has 1 atom stereocenters. The van der Waals surface area contributed by atoms with Gasteiger partial charge in [0.25, 0.3) is 0 Å². The standard InChI is InChI=1S/C9H8NO3.Fm/c11-6-10-8(9(12)13)7-4-2-1-3-5-7;/h1-5,8H,(H,10,11)(H,12,13);/q-1;. The third-order valence-electron chi connectivity index (χ3n) is 1.58. The van der Waals surface area contributed by atoms with Crippen molar-refractivity contribution in [1.29, 1.82) is 0 Å². The zero-order valence-corrected chi connectivity index (χ0v) is 9.42. The first-order chi connectivity index (χ1) is 6.25. The van der Waals surface area contributed by atoms with Gasteiger partial charge in [-0.15, -0.1) is 0 Å². The molecule has 1 unspecified atom stereocenters. The molecule has 1 aromatic rings. The Kier molecular flexibility index (Phi) is 3.92. The van der Waals surface area contributed by atoms with E-state index in [1.54, 1.807) is 30.3 Å². The van der Waals surface area contributed by atoms with Gasteiger partial charge < -0.3 is 15.2 Å². The van der Waals surface area contributed by atoms with Crippen LogP contribution in [0.2, 0.25) is 0 Å². The molecule has 0 radical (unpaired) electrons. The summed E-state index contributed by atoms with van der Waals surface area (Å²) in [5.41, 5.74) is 0.526. The molecule has 1 rings (SSSR count). The van der Waals surface area contributed by atoms with Gasteiger partial charge in [-0.25, -0.2) is 4.79 Å². The quantitative estimate of drug-likeness (QED) is 0.534. The molecule has 1 aromatic carbocycles. The van der Waals surface area contributed by atoms with Crippen molar-refractivity contribution in [3.63, 3.8) is 0 Å². The van der Waals surface area contributed by atoms with E-state index in [0.29, 0.717) is 5.56 Å². The van der Waals surface area contributed by atoms with Gasteiger partial charge in [-0.3, -0.25) is 0 Å². The van der Waals surface area contributed by atoms with Crippen LogP contribution in [0.15, 0.2) is 30.3 Å². The van der Waals surface area contributed by atoms with E-state index < -0.39 is 12.0 Å². The van der Waals surface area contributed by atoms with Crippen LogP contribution in [0.4, 0.5) is 0 Å². The summed E-state index contributed by atoms with van der Waals surface area (Å²) in [5.74, 6) is -1.10. The number of benzene rings is 1. The molecule has 5 heteroatoms. The van der Waals surface area contributed by atoms with Crippen molar-refractivity contribution in [2.24, 2.45) is 0 Å². The molecule has 4 nitrogen and oxygen atoms in total. The number of carboxylic acid groups (broad SMARTS) is 1. The maximum atomic E-state index is 10.6. The number of amides is 1. The summed E-state index contributed by atoms with van der Waals surface area (Å²) in [5, 5.41) is 10.8.